The Morgan fingerprint density at radius 1 is 1.53 bits per heavy atom. The summed E-state index contributed by atoms with van der Waals surface area (Å²) in [6, 6.07) is 5.11. The number of rotatable bonds is 4. The Bertz CT molecular complexity index is 363. The molecule has 1 aromatic carbocycles. The summed E-state index contributed by atoms with van der Waals surface area (Å²) in [5.41, 5.74) is 6.51. The Morgan fingerprint density at radius 2 is 2.20 bits per heavy atom. The topological polar surface area (TPSA) is 83.6 Å². The third kappa shape index (κ3) is 2.27. The predicted octanol–water partition coefficient (Wildman–Crippen LogP) is 1.08. The molecule has 82 valence electrons. The normalized spacial score (nSPS) is 12.4. The van der Waals surface area contributed by atoms with Crippen LogP contribution in [0.5, 0.6) is 5.75 Å². The Morgan fingerprint density at radius 3 is 2.67 bits per heavy atom. The number of aromatic hydroxyl groups is 1. The molecule has 0 saturated carbocycles. The van der Waals surface area contributed by atoms with Gasteiger partial charge in [0, 0.05) is 12.1 Å². The minimum absolute atomic E-state index is 0.0178. The number of aliphatic carboxylic acids is 1. The molecule has 0 bridgehead atoms. The lowest BCUT2D eigenvalue weighted by Gasteiger charge is -2.13. The van der Waals surface area contributed by atoms with E-state index in [0.717, 1.165) is 5.56 Å². The molecule has 4 heteroatoms. The second-order valence-corrected chi connectivity index (χ2v) is 3.34. The summed E-state index contributed by atoms with van der Waals surface area (Å²) in [5, 5.41) is 18.7. The molecule has 0 heterocycles. The van der Waals surface area contributed by atoms with Gasteiger partial charge in [0.25, 0.3) is 0 Å². The lowest BCUT2D eigenvalue weighted by Crippen LogP contribution is -2.21. The third-order valence-corrected chi connectivity index (χ3v) is 2.44. The fraction of sp³-hybridized carbons (Fsp3) is 0.364. The zero-order valence-corrected chi connectivity index (χ0v) is 8.60. The van der Waals surface area contributed by atoms with Crippen LogP contribution < -0.4 is 5.73 Å². The first kappa shape index (κ1) is 11.5. The molecule has 4 nitrogen and oxygen atoms in total. The smallest absolute Gasteiger partial charge is 0.312 e. The van der Waals surface area contributed by atoms with E-state index in [9.17, 15) is 9.90 Å². The summed E-state index contributed by atoms with van der Waals surface area (Å²) < 4.78 is 0. The first-order valence-electron chi connectivity index (χ1n) is 4.85. The van der Waals surface area contributed by atoms with Crippen molar-refractivity contribution < 1.29 is 15.0 Å². The van der Waals surface area contributed by atoms with Crippen LogP contribution in [0, 0.1) is 0 Å². The molecule has 15 heavy (non-hydrogen) atoms. The number of hydrogen-bond donors (Lipinski definition) is 3. The van der Waals surface area contributed by atoms with Crippen molar-refractivity contribution in [2.24, 2.45) is 5.73 Å². The van der Waals surface area contributed by atoms with Crippen molar-refractivity contribution >= 4 is 5.97 Å². The highest BCUT2D eigenvalue weighted by Gasteiger charge is 2.21. The maximum Gasteiger partial charge on any atom is 0.312 e. The van der Waals surface area contributed by atoms with Gasteiger partial charge in [-0.25, -0.2) is 0 Å². The number of phenols is 1. The summed E-state index contributed by atoms with van der Waals surface area (Å²) in [5.74, 6) is -1.80. The van der Waals surface area contributed by atoms with E-state index in [1.165, 1.54) is 0 Å². The van der Waals surface area contributed by atoms with Crippen molar-refractivity contribution in [3.05, 3.63) is 29.3 Å². The number of nitrogens with two attached hydrogens (primary N) is 1. The van der Waals surface area contributed by atoms with Gasteiger partial charge in [-0.05, 0) is 12.0 Å². The Balaban J connectivity index is 3.18. The monoisotopic (exact) mass is 209 g/mol. The van der Waals surface area contributed by atoms with Crippen molar-refractivity contribution in [3.63, 3.8) is 0 Å². The van der Waals surface area contributed by atoms with E-state index in [0.29, 0.717) is 12.0 Å². The maximum absolute atomic E-state index is 10.9. The van der Waals surface area contributed by atoms with Crippen LogP contribution in [0.15, 0.2) is 18.2 Å². The van der Waals surface area contributed by atoms with Crippen LogP contribution in [0.25, 0.3) is 0 Å². The molecule has 1 rings (SSSR count). The Hall–Kier alpha value is -1.55. The number of carboxylic acid groups (broad SMARTS) is 1. The molecule has 0 aromatic heterocycles. The summed E-state index contributed by atoms with van der Waals surface area (Å²) in [7, 11) is 0. The van der Waals surface area contributed by atoms with Gasteiger partial charge < -0.3 is 15.9 Å². The van der Waals surface area contributed by atoms with Crippen molar-refractivity contribution in [2.75, 3.05) is 6.54 Å². The predicted molar refractivity (Wildman–Crippen MR) is 56.9 cm³/mol. The molecule has 4 N–H and O–H groups in total. The Kier molecular flexibility index (Phi) is 3.68. The highest BCUT2D eigenvalue weighted by atomic mass is 16.4. The first-order valence-corrected chi connectivity index (χ1v) is 4.85. The van der Waals surface area contributed by atoms with Crippen molar-refractivity contribution in [1.82, 2.24) is 0 Å². The SMILES string of the molecule is CCc1cccc(C(CN)C(=O)O)c1O. The summed E-state index contributed by atoms with van der Waals surface area (Å²) in [4.78, 5) is 10.9. The maximum atomic E-state index is 10.9. The summed E-state index contributed by atoms with van der Waals surface area (Å²) >= 11 is 0. The lowest BCUT2D eigenvalue weighted by molar-refractivity contribution is -0.138. The van der Waals surface area contributed by atoms with Crippen molar-refractivity contribution in [1.29, 1.82) is 0 Å². The molecule has 1 unspecified atom stereocenters. The van der Waals surface area contributed by atoms with Gasteiger partial charge in [0.05, 0.1) is 5.92 Å². The van der Waals surface area contributed by atoms with Crippen LogP contribution in [0.2, 0.25) is 0 Å². The zero-order chi connectivity index (χ0) is 11.4. The minimum Gasteiger partial charge on any atom is -0.507 e. The second kappa shape index (κ2) is 4.79. The highest BCUT2D eigenvalue weighted by Crippen LogP contribution is 2.29. The first-order chi connectivity index (χ1) is 7.11. The molecular formula is C11H15NO3. The largest absolute Gasteiger partial charge is 0.507 e. The summed E-state index contributed by atoms with van der Waals surface area (Å²) in [6.07, 6.45) is 0.663. The van der Waals surface area contributed by atoms with Crippen LogP contribution >= 0.6 is 0 Å². The molecule has 0 aliphatic heterocycles. The van der Waals surface area contributed by atoms with Gasteiger partial charge in [0.1, 0.15) is 5.75 Å². The van der Waals surface area contributed by atoms with Crippen LogP contribution in [-0.2, 0) is 11.2 Å². The molecule has 0 spiro atoms. The molecule has 0 aliphatic rings. The average Bonchev–Trinajstić information content (AvgIpc) is 2.21. The van der Waals surface area contributed by atoms with Crippen LogP contribution in [0.3, 0.4) is 0 Å². The molecule has 0 fully saturated rings. The number of carboxylic acids is 1. The lowest BCUT2D eigenvalue weighted by atomic mass is 9.95. The number of carbonyl (C=O) groups is 1. The molecule has 1 atom stereocenters. The number of hydrogen-bond acceptors (Lipinski definition) is 3. The Labute approximate surface area is 88.3 Å². The van der Waals surface area contributed by atoms with E-state index in [4.69, 9.17) is 10.8 Å². The van der Waals surface area contributed by atoms with Gasteiger partial charge in [0.15, 0.2) is 0 Å². The van der Waals surface area contributed by atoms with Gasteiger partial charge >= 0.3 is 5.97 Å². The number of phenolic OH excluding ortho intramolecular Hbond substituents is 1. The molecule has 0 aliphatic carbocycles. The zero-order valence-electron chi connectivity index (χ0n) is 8.60. The van der Waals surface area contributed by atoms with E-state index < -0.39 is 11.9 Å². The van der Waals surface area contributed by atoms with Crippen LogP contribution in [0.1, 0.15) is 24.0 Å². The van der Waals surface area contributed by atoms with Gasteiger partial charge in [-0.1, -0.05) is 25.1 Å². The van der Waals surface area contributed by atoms with E-state index >= 15 is 0 Å². The van der Waals surface area contributed by atoms with Gasteiger partial charge in [0.2, 0.25) is 0 Å². The fourth-order valence-corrected chi connectivity index (χ4v) is 1.54. The molecule has 0 saturated heterocycles. The number of aryl methyl sites for hydroxylation is 1. The third-order valence-electron chi connectivity index (χ3n) is 2.44. The summed E-state index contributed by atoms with van der Waals surface area (Å²) in [6.45, 7) is 1.88. The number of para-hydroxylation sites is 1. The molecule has 0 radical (unpaired) electrons. The van der Waals surface area contributed by atoms with Crippen molar-refractivity contribution in [2.45, 2.75) is 19.3 Å². The standard InChI is InChI=1S/C11H15NO3/c1-2-7-4-3-5-8(10(7)13)9(6-12)11(14)15/h3-5,9,13H,2,6,12H2,1H3,(H,14,15). The minimum atomic E-state index is -1.01. The van der Waals surface area contributed by atoms with E-state index in [1.807, 2.05) is 6.92 Å². The average molecular weight is 209 g/mol. The van der Waals surface area contributed by atoms with Crippen LogP contribution in [-0.4, -0.2) is 22.7 Å². The molecular weight excluding hydrogens is 194 g/mol. The van der Waals surface area contributed by atoms with Gasteiger partial charge in [-0.2, -0.15) is 0 Å². The van der Waals surface area contributed by atoms with Crippen LogP contribution in [0.4, 0.5) is 0 Å². The quantitative estimate of drug-likeness (QED) is 0.692. The fourth-order valence-electron chi connectivity index (χ4n) is 1.54. The van der Waals surface area contributed by atoms with E-state index in [-0.39, 0.29) is 12.3 Å². The number of benzene rings is 1. The second-order valence-electron chi connectivity index (χ2n) is 3.34. The highest BCUT2D eigenvalue weighted by molar-refractivity contribution is 5.77. The molecule has 1 aromatic rings. The van der Waals surface area contributed by atoms with Gasteiger partial charge in [-0.3, -0.25) is 4.79 Å². The van der Waals surface area contributed by atoms with Crippen molar-refractivity contribution in [3.8, 4) is 5.75 Å². The van der Waals surface area contributed by atoms with E-state index in [1.54, 1.807) is 18.2 Å². The van der Waals surface area contributed by atoms with Gasteiger partial charge in [-0.15, -0.1) is 0 Å². The molecule has 0 amide bonds. The van der Waals surface area contributed by atoms with E-state index in [2.05, 4.69) is 0 Å².